The monoisotopic (exact) mass is 317 g/mol. The predicted octanol–water partition coefficient (Wildman–Crippen LogP) is 1.71. The molecule has 0 spiro atoms. The zero-order valence-corrected chi connectivity index (χ0v) is 13.5. The van der Waals surface area contributed by atoms with Gasteiger partial charge in [0, 0.05) is 44.5 Å². The van der Waals surface area contributed by atoms with Crippen LogP contribution in [-0.4, -0.2) is 56.7 Å². The lowest BCUT2D eigenvalue weighted by molar-refractivity contribution is 0.0388. The highest BCUT2D eigenvalue weighted by atomic mass is 16.5. The van der Waals surface area contributed by atoms with Crippen LogP contribution in [0.25, 0.3) is 0 Å². The van der Waals surface area contributed by atoms with Crippen molar-refractivity contribution in [2.75, 3.05) is 44.8 Å². The Morgan fingerprint density at radius 1 is 1.48 bits per heavy atom. The van der Waals surface area contributed by atoms with Crippen molar-refractivity contribution in [2.45, 2.75) is 12.8 Å². The van der Waals surface area contributed by atoms with E-state index in [-0.39, 0.29) is 11.9 Å². The number of carbonyl (C=O) groups is 2. The summed E-state index contributed by atoms with van der Waals surface area (Å²) in [7, 11) is 1.83. The van der Waals surface area contributed by atoms with E-state index in [4.69, 9.17) is 4.74 Å². The van der Waals surface area contributed by atoms with Crippen LogP contribution in [-0.2, 0) is 4.74 Å². The van der Waals surface area contributed by atoms with Crippen molar-refractivity contribution < 1.29 is 14.3 Å². The standard InChI is InChI=1S/C17H23N3O3/c1-19(11-13-4-3-9-23-12-13)16(21)14-5-2-6-15(10-14)20-8-7-18-17(20)22/h2,5-6,10,13H,3-4,7-9,11-12H2,1H3,(H,18,22). The summed E-state index contributed by atoms with van der Waals surface area (Å²) >= 11 is 0. The molecule has 0 saturated carbocycles. The average molecular weight is 317 g/mol. The zero-order chi connectivity index (χ0) is 16.2. The van der Waals surface area contributed by atoms with Crippen molar-refractivity contribution in [1.82, 2.24) is 10.2 Å². The number of benzene rings is 1. The molecule has 1 atom stereocenters. The number of anilines is 1. The highest BCUT2D eigenvalue weighted by Crippen LogP contribution is 2.20. The third-order valence-electron chi connectivity index (χ3n) is 4.39. The molecule has 0 radical (unpaired) electrons. The van der Waals surface area contributed by atoms with Crippen LogP contribution in [0.3, 0.4) is 0 Å². The molecule has 3 rings (SSSR count). The van der Waals surface area contributed by atoms with E-state index in [0.717, 1.165) is 31.7 Å². The number of amides is 3. The van der Waals surface area contributed by atoms with Crippen LogP contribution < -0.4 is 10.2 Å². The van der Waals surface area contributed by atoms with Crippen molar-refractivity contribution in [3.05, 3.63) is 29.8 Å². The number of nitrogens with one attached hydrogen (secondary N) is 1. The molecule has 2 aliphatic rings. The largest absolute Gasteiger partial charge is 0.381 e. The molecule has 3 amide bonds. The number of rotatable bonds is 4. The SMILES string of the molecule is CN(CC1CCCOC1)C(=O)c1cccc(N2CCNC2=O)c1. The van der Waals surface area contributed by atoms with Gasteiger partial charge in [0.05, 0.1) is 6.61 Å². The second kappa shape index (κ2) is 7.00. The van der Waals surface area contributed by atoms with E-state index in [2.05, 4.69) is 5.32 Å². The molecule has 2 saturated heterocycles. The van der Waals surface area contributed by atoms with Crippen molar-refractivity contribution >= 4 is 17.6 Å². The van der Waals surface area contributed by atoms with Gasteiger partial charge in [-0.05, 0) is 37.0 Å². The fourth-order valence-corrected chi connectivity index (χ4v) is 3.17. The highest BCUT2D eigenvalue weighted by Gasteiger charge is 2.23. The summed E-state index contributed by atoms with van der Waals surface area (Å²) in [6.45, 7) is 3.53. The van der Waals surface area contributed by atoms with E-state index < -0.39 is 0 Å². The molecule has 1 unspecified atom stereocenters. The predicted molar refractivity (Wildman–Crippen MR) is 87.7 cm³/mol. The molecule has 0 aromatic heterocycles. The maximum absolute atomic E-state index is 12.6. The Morgan fingerprint density at radius 3 is 3.04 bits per heavy atom. The Balaban J connectivity index is 1.67. The molecule has 23 heavy (non-hydrogen) atoms. The maximum atomic E-state index is 12.6. The van der Waals surface area contributed by atoms with Gasteiger partial charge in [0.15, 0.2) is 0 Å². The Morgan fingerprint density at radius 2 is 2.35 bits per heavy atom. The first-order valence-corrected chi connectivity index (χ1v) is 8.14. The lowest BCUT2D eigenvalue weighted by Crippen LogP contribution is -2.35. The van der Waals surface area contributed by atoms with Crippen LogP contribution in [0.2, 0.25) is 0 Å². The normalized spacial score (nSPS) is 21.2. The molecule has 124 valence electrons. The minimum Gasteiger partial charge on any atom is -0.381 e. The van der Waals surface area contributed by atoms with Crippen molar-refractivity contribution in [2.24, 2.45) is 5.92 Å². The Bertz CT molecular complexity index is 584. The second-order valence-electron chi connectivity index (χ2n) is 6.20. The molecule has 1 aromatic rings. The Hall–Kier alpha value is -2.08. The summed E-state index contributed by atoms with van der Waals surface area (Å²) < 4.78 is 5.48. The molecule has 2 aliphatic heterocycles. The second-order valence-corrected chi connectivity index (χ2v) is 6.20. The fraction of sp³-hybridized carbons (Fsp3) is 0.529. The molecule has 2 heterocycles. The Kier molecular flexibility index (Phi) is 4.81. The van der Waals surface area contributed by atoms with Gasteiger partial charge in [-0.25, -0.2) is 4.79 Å². The minimum absolute atomic E-state index is 0.0166. The van der Waals surface area contributed by atoms with Gasteiger partial charge in [-0.15, -0.1) is 0 Å². The summed E-state index contributed by atoms with van der Waals surface area (Å²) in [5, 5.41) is 2.77. The van der Waals surface area contributed by atoms with Crippen molar-refractivity contribution in [3.8, 4) is 0 Å². The van der Waals surface area contributed by atoms with Crippen molar-refractivity contribution in [3.63, 3.8) is 0 Å². The number of urea groups is 1. The number of hydrogen-bond acceptors (Lipinski definition) is 3. The zero-order valence-electron chi connectivity index (χ0n) is 13.5. The van der Waals surface area contributed by atoms with Crippen LogP contribution in [0.15, 0.2) is 24.3 Å². The van der Waals surface area contributed by atoms with E-state index in [0.29, 0.717) is 31.1 Å². The molecule has 0 bridgehead atoms. The first-order valence-electron chi connectivity index (χ1n) is 8.14. The van der Waals surface area contributed by atoms with Gasteiger partial charge in [0.1, 0.15) is 0 Å². The van der Waals surface area contributed by atoms with Gasteiger partial charge < -0.3 is 15.0 Å². The van der Waals surface area contributed by atoms with E-state index in [9.17, 15) is 9.59 Å². The number of hydrogen-bond donors (Lipinski definition) is 1. The number of nitrogens with zero attached hydrogens (tertiary/aromatic N) is 2. The summed E-state index contributed by atoms with van der Waals surface area (Å²) in [5.41, 5.74) is 1.38. The lowest BCUT2D eigenvalue weighted by Gasteiger charge is -2.27. The van der Waals surface area contributed by atoms with Gasteiger partial charge in [-0.3, -0.25) is 9.69 Å². The van der Waals surface area contributed by atoms with Gasteiger partial charge >= 0.3 is 6.03 Å². The Labute approximate surface area is 136 Å². The molecule has 1 aromatic carbocycles. The number of carbonyl (C=O) groups excluding carboxylic acids is 2. The van der Waals surface area contributed by atoms with Gasteiger partial charge in [0.25, 0.3) is 5.91 Å². The first-order chi connectivity index (χ1) is 11.1. The maximum Gasteiger partial charge on any atom is 0.321 e. The van der Waals surface area contributed by atoms with E-state index in [1.165, 1.54) is 0 Å². The average Bonchev–Trinajstić information content (AvgIpc) is 3.01. The van der Waals surface area contributed by atoms with E-state index in [1.54, 1.807) is 21.9 Å². The third kappa shape index (κ3) is 3.64. The van der Waals surface area contributed by atoms with Crippen LogP contribution >= 0.6 is 0 Å². The summed E-state index contributed by atoms with van der Waals surface area (Å²) in [6, 6.07) is 7.17. The van der Waals surface area contributed by atoms with E-state index in [1.807, 2.05) is 19.2 Å². The summed E-state index contributed by atoms with van der Waals surface area (Å²) in [5.74, 6) is 0.391. The first kappa shape index (κ1) is 15.8. The molecule has 1 N–H and O–H groups in total. The topological polar surface area (TPSA) is 61.9 Å². The lowest BCUT2D eigenvalue weighted by atomic mass is 10.0. The van der Waals surface area contributed by atoms with Gasteiger partial charge in [-0.2, -0.15) is 0 Å². The molecule has 2 fully saturated rings. The molecule has 0 aliphatic carbocycles. The smallest absolute Gasteiger partial charge is 0.321 e. The molecular weight excluding hydrogens is 294 g/mol. The minimum atomic E-state index is -0.109. The third-order valence-corrected chi connectivity index (χ3v) is 4.39. The molecule has 6 nitrogen and oxygen atoms in total. The van der Waals surface area contributed by atoms with Gasteiger partial charge in [0.2, 0.25) is 0 Å². The molecule has 6 heteroatoms. The van der Waals surface area contributed by atoms with Crippen molar-refractivity contribution in [1.29, 1.82) is 0 Å². The van der Waals surface area contributed by atoms with Crippen LogP contribution in [0.5, 0.6) is 0 Å². The quantitative estimate of drug-likeness (QED) is 0.920. The van der Waals surface area contributed by atoms with Crippen LogP contribution in [0.4, 0.5) is 10.5 Å². The van der Waals surface area contributed by atoms with Crippen LogP contribution in [0, 0.1) is 5.92 Å². The molecular formula is C17H23N3O3. The number of ether oxygens (including phenoxy) is 1. The van der Waals surface area contributed by atoms with Crippen LogP contribution in [0.1, 0.15) is 23.2 Å². The fourth-order valence-electron chi connectivity index (χ4n) is 3.17. The summed E-state index contributed by atoms with van der Waals surface area (Å²) in [6.07, 6.45) is 2.16. The van der Waals surface area contributed by atoms with E-state index >= 15 is 0 Å². The van der Waals surface area contributed by atoms with Gasteiger partial charge in [-0.1, -0.05) is 6.07 Å². The summed E-state index contributed by atoms with van der Waals surface area (Å²) in [4.78, 5) is 27.8. The highest BCUT2D eigenvalue weighted by molar-refractivity contribution is 5.98.